The van der Waals surface area contributed by atoms with Crippen molar-refractivity contribution in [1.29, 1.82) is 5.26 Å². The summed E-state index contributed by atoms with van der Waals surface area (Å²) in [6.07, 6.45) is -1.13. The average molecular weight is 406 g/mol. The third-order valence-electron chi connectivity index (χ3n) is 3.15. The van der Waals surface area contributed by atoms with Gasteiger partial charge in [0.05, 0.1) is 26.2 Å². The maximum Gasteiger partial charge on any atom is 0.416 e. The van der Waals surface area contributed by atoms with E-state index in [1.807, 2.05) is 13.0 Å². The van der Waals surface area contributed by atoms with E-state index < -0.39 is 11.7 Å². The van der Waals surface area contributed by atoms with E-state index in [4.69, 9.17) is 23.2 Å². The minimum Gasteiger partial charge on any atom is -0.228 e. The highest BCUT2D eigenvalue weighted by Gasteiger charge is 2.32. The van der Waals surface area contributed by atoms with Crippen LogP contribution in [0.4, 0.5) is 13.2 Å². The summed E-state index contributed by atoms with van der Waals surface area (Å²) in [7, 11) is 0. The summed E-state index contributed by atoms with van der Waals surface area (Å²) in [5.41, 5.74) is -0.153. The number of nitrogens with zero attached hydrogens (tertiary/aromatic N) is 3. The van der Waals surface area contributed by atoms with Crippen LogP contribution < -0.4 is 0 Å². The summed E-state index contributed by atoms with van der Waals surface area (Å²) in [5, 5.41) is 13.1. The van der Waals surface area contributed by atoms with Crippen molar-refractivity contribution < 1.29 is 13.2 Å². The Morgan fingerprint density at radius 2 is 1.92 bits per heavy atom. The van der Waals surface area contributed by atoms with Crippen LogP contribution in [0.2, 0.25) is 10.0 Å². The number of aromatic nitrogens is 2. The molecular formula is C16H12Cl2F3N3S. The number of allylic oxidation sites excluding steroid dienone is 1. The van der Waals surface area contributed by atoms with Crippen LogP contribution in [0.1, 0.15) is 30.8 Å². The van der Waals surface area contributed by atoms with Gasteiger partial charge in [-0.2, -0.15) is 23.5 Å². The van der Waals surface area contributed by atoms with Gasteiger partial charge in [0.1, 0.15) is 11.8 Å². The van der Waals surface area contributed by atoms with Crippen LogP contribution in [0.5, 0.6) is 0 Å². The monoisotopic (exact) mass is 405 g/mol. The molecule has 0 aliphatic heterocycles. The molecule has 0 amide bonds. The zero-order valence-electron chi connectivity index (χ0n) is 13.2. The van der Waals surface area contributed by atoms with Crippen LogP contribution in [-0.2, 0) is 6.18 Å². The Balaban J connectivity index is 2.77. The van der Waals surface area contributed by atoms with E-state index in [2.05, 4.69) is 5.10 Å². The average Bonchev–Trinajstić information content (AvgIpc) is 2.85. The molecule has 132 valence electrons. The largest absolute Gasteiger partial charge is 0.416 e. The Morgan fingerprint density at radius 1 is 1.32 bits per heavy atom. The van der Waals surface area contributed by atoms with Crippen molar-refractivity contribution in [2.24, 2.45) is 0 Å². The van der Waals surface area contributed by atoms with E-state index in [1.165, 1.54) is 16.4 Å². The Kier molecular flexibility index (Phi) is 6.09. The highest BCUT2D eigenvalue weighted by atomic mass is 35.5. The van der Waals surface area contributed by atoms with E-state index in [9.17, 15) is 18.4 Å². The predicted molar refractivity (Wildman–Crippen MR) is 94.4 cm³/mol. The highest BCUT2D eigenvalue weighted by molar-refractivity contribution is 7.99. The maximum atomic E-state index is 12.9. The van der Waals surface area contributed by atoms with Gasteiger partial charge >= 0.3 is 6.18 Å². The second-order valence-corrected chi connectivity index (χ2v) is 6.89. The van der Waals surface area contributed by atoms with Crippen molar-refractivity contribution in [2.75, 3.05) is 5.75 Å². The number of benzene rings is 1. The number of halogens is 5. The van der Waals surface area contributed by atoms with Crippen molar-refractivity contribution >= 4 is 41.0 Å². The number of nitriles is 1. The fraction of sp³-hybridized carbons (Fsp3) is 0.250. The van der Waals surface area contributed by atoms with E-state index in [0.29, 0.717) is 16.3 Å². The van der Waals surface area contributed by atoms with Crippen LogP contribution in [0.15, 0.2) is 23.1 Å². The first-order chi connectivity index (χ1) is 11.7. The van der Waals surface area contributed by atoms with Crippen LogP contribution in [0.3, 0.4) is 0 Å². The second kappa shape index (κ2) is 7.73. The van der Waals surface area contributed by atoms with Gasteiger partial charge in [-0.1, -0.05) is 36.2 Å². The molecule has 0 fully saturated rings. The van der Waals surface area contributed by atoms with E-state index in [-0.39, 0.29) is 21.4 Å². The molecule has 0 spiro atoms. The SMILES string of the molecule is C/C=C/c1c(SCC)c(C#N)nn1-c1c(Cl)cc(C(F)(F)F)cc1Cl. The number of hydrogen-bond acceptors (Lipinski definition) is 3. The molecule has 2 aromatic rings. The molecule has 0 aliphatic carbocycles. The third kappa shape index (κ3) is 3.97. The fourth-order valence-corrected chi connectivity index (χ4v) is 3.64. The molecule has 0 atom stereocenters. The van der Waals surface area contributed by atoms with Gasteiger partial charge in [-0.15, -0.1) is 11.8 Å². The number of thioether (sulfide) groups is 1. The molecular weight excluding hydrogens is 394 g/mol. The van der Waals surface area contributed by atoms with Gasteiger partial charge in [0.15, 0.2) is 5.69 Å². The fourth-order valence-electron chi connectivity index (χ4n) is 2.18. The first-order valence-electron chi connectivity index (χ1n) is 7.09. The topological polar surface area (TPSA) is 41.6 Å². The van der Waals surface area contributed by atoms with Gasteiger partial charge in [-0.3, -0.25) is 0 Å². The van der Waals surface area contributed by atoms with Crippen molar-refractivity contribution in [3.63, 3.8) is 0 Å². The van der Waals surface area contributed by atoms with Gasteiger partial charge in [0.2, 0.25) is 0 Å². The molecule has 0 N–H and O–H groups in total. The molecule has 2 rings (SSSR count). The van der Waals surface area contributed by atoms with Gasteiger partial charge in [0.25, 0.3) is 0 Å². The molecule has 0 saturated heterocycles. The van der Waals surface area contributed by atoms with Gasteiger partial charge in [0, 0.05) is 0 Å². The summed E-state index contributed by atoms with van der Waals surface area (Å²) < 4.78 is 40.0. The highest BCUT2D eigenvalue weighted by Crippen LogP contribution is 2.39. The summed E-state index contributed by atoms with van der Waals surface area (Å²) in [4.78, 5) is 0.620. The molecule has 0 saturated carbocycles. The van der Waals surface area contributed by atoms with Gasteiger partial charge < -0.3 is 0 Å². The van der Waals surface area contributed by atoms with Crippen LogP contribution in [0.25, 0.3) is 11.8 Å². The summed E-state index contributed by atoms with van der Waals surface area (Å²) in [6, 6.07) is 3.58. The third-order valence-corrected chi connectivity index (χ3v) is 4.71. The lowest BCUT2D eigenvalue weighted by Crippen LogP contribution is -2.08. The lowest BCUT2D eigenvalue weighted by molar-refractivity contribution is -0.137. The maximum absolute atomic E-state index is 12.9. The zero-order valence-corrected chi connectivity index (χ0v) is 15.5. The zero-order chi connectivity index (χ0) is 18.8. The van der Waals surface area contributed by atoms with Gasteiger partial charge in [-0.25, -0.2) is 4.68 Å². The molecule has 0 unspecified atom stereocenters. The second-order valence-electron chi connectivity index (χ2n) is 4.81. The quantitative estimate of drug-likeness (QED) is 0.567. The van der Waals surface area contributed by atoms with E-state index >= 15 is 0 Å². The van der Waals surface area contributed by atoms with Crippen molar-refractivity contribution in [3.05, 3.63) is 45.2 Å². The summed E-state index contributed by atoms with van der Waals surface area (Å²) in [6.45, 7) is 3.69. The molecule has 1 heterocycles. The minimum absolute atomic E-state index is 0.101. The van der Waals surface area contributed by atoms with Crippen LogP contribution >= 0.6 is 35.0 Å². The number of rotatable bonds is 4. The Morgan fingerprint density at radius 3 is 2.36 bits per heavy atom. The molecule has 1 aromatic carbocycles. The molecule has 25 heavy (non-hydrogen) atoms. The van der Waals surface area contributed by atoms with Crippen molar-refractivity contribution in [1.82, 2.24) is 9.78 Å². The van der Waals surface area contributed by atoms with Crippen molar-refractivity contribution in [2.45, 2.75) is 24.9 Å². The number of hydrogen-bond donors (Lipinski definition) is 0. The molecule has 3 nitrogen and oxygen atoms in total. The standard InChI is InChI=1S/C16H12Cl2F3N3S/c1-3-5-13-15(25-4-2)12(8-22)23-24(13)14-10(17)6-9(7-11(14)18)16(19,20)21/h3,5-7H,4H2,1-2H3/b5-3+. The summed E-state index contributed by atoms with van der Waals surface area (Å²) >= 11 is 13.5. The van der Waals surface area contributed by atoms with Crippen LogP contribution in [0, 0.1) is 11.3 Å². The predicted octanol–water partition coefficient (Wildman–Crippen LogP) is 6.21. The molecule has 1 aromatic heterocycles. The molecule has 0 aliphatic rings. The first-order valence-corrected chi connectivity index (χ1v) is 8.83. The Hall–Kier alpha value is -1.62. The first kappa shape index (κ1) is 19.7. The molecule has 9 heteroatoms. The minimum atomic E-state index is -4.57. The van der Waals surface area contributed by atoms with Gasteiger partial charge in [-0.05, 0) is 30.9 Å². The lowest BCUT2D eigenvalue weighted by atomic mass is 10.2. The Labute approximate surface area is 157 Å². The van der Waals surface area contributed by atoms with Crippen molar-refractivity contribution in [3.8, 4) is 11.8 Å². The lowest BCUT2D eigenvalue weighted by Gasteiger charge is -2.13. The summed E-state index contributed by atoms with van der Waals surface area (Å²) in [5.74, 6) is 0.694. The molecule has 0 bridgehead atoms. The van der Waals surface area contributed by atoms with Crippen LogP contribution in [-0.4, -0.2) is 15.5 Å². The smallest absolute Gasteiger partial charge is 0.228 e. The van der Waals surface area contributed by atoms with E-state index in [0.717, 1.165) is 12.1 Å². The van der Waals surface area contributed by atoms with E-state index in [1.54, 1.807) is 19.1 Å². The normalized spacial score (nSPS) is 11.9. The molecule has 0 radical (unpaired) electrons. The number of alkyl halides is 3. The Bertz CT molecular complexity index is 844.